The van der Waals surface area contributed by atoms with Gasteiger partial charge in [0.25, 0.3) is 0 Å². The number of carboxylic acids is 1. The van der Waals surface area contributed by atoms with Crippen LogP contribution in [-0.4, -0.2) is 72.1 Å². The number of alkyl halides is 3. The fraction of sp³-hybridized carbons (Fsp3) is 0.591. The number of benzene rings is 2. The number of ether oxygens (including phenoxy) is 3. The van der Waals surface area contributed by atoms with Gasteiger partial charge in [-0.25, -0.2) is 4.79 Å². The van der Waals surface area contributed by atoms with Crippen molar-refractivity contribution in [3.63, 3.8) is 0 Å². The Morgan fingerprint density at radius 3 is 2.70 bits per heavy atom. The van der Waals surface area contributed by atoms with Crippen molar-refractivity contribution in [3.8, 4) is 17.2 Å². The molecule has 8 nitrogen and oxygen atoms in total. The van der Waals surface area contributed by atoms with E-state index in [-0.39, 0.29) is 29.8 Å². The van der Waals surface area contributed by atoms with Crippen LogP contribution in [0.5, 0.6) is 17.2 Å². The lowest BCUT2D eigenvalue weighted by Crippen LogP contribution is -2.53. The number of pyridine rings is 1. The first-order valence-electron chi connectivity index (χ1n) is 20.3. The van der Waals surface area contributed by atoms with Crippen molar-refractivity contribution in [2.24, 2.45) is 11.8 Å². The van der Waals surface area contributed by atoms with Crippen molar-refractivity contribution < 1.29 is 37.3 Å². The largest absolute Gasteiger partial charge is 0.493 e. The highest BCUT2D eigenvalue weighted by Gasteiger charge is 2.54. The number of carboxylic acid groups (broad SMARTS) is 1. The molecule has 0 amide bonds. The highest BCUT2D eigenvalue weighted by atomic mass is 35.5. The third kappa shape index (κ3) is 8.89. The lowest BCUT2D eigenvalue weighted by Gasteiger charge is -2.47. The number of hydrogen-bond acceptors (Lipinski definition) is 7. The van der Waals surface area contributed by atoms with Gasteiger partial charge in [-0.3, -0.25) is 4.98 Å². The zero-order valence-electron chi connectivity index (χ0n) is 32.7. The second-order valence-electron chi connectivity index (χ2n) is 17.0. The Kier molecular flexibility index (Phi) is 12.0. The molecular formula is C44H55ClF3N3O5. The fourth-order valence-electron chi connectivity index (χ4n) is 9.97. The molecule has 56 heavy (non-hydrogen) atoms. The summed E-state index contributed by atoms with van der Waals surface area (Å²) in [5.74, 6) is 2.28. The molecule has 0 saturated heterocycles. The van der Waals surface area contributed by atoms with Gasteiger partial charge in [-0.05, 0) is 148 Å². The highest BCUT2D eigenvalue weighted by molar-refractivity contribution is 6.30. The van der Waals surface area contributed by atoms with Crippen LogP contribution in [0, 0.1) is 11.8 Å². The SMILES string of the molecule is C[C@@H](COc1ccnc2c1[C@H](C)CCC2)C[C@H]1Cc2cc3c(cc2C12CCC(Nc1cccc(Cl)c1)(C(=O)O)CC2)O[C@@H](CN(C)CCCC(F)(F)F)CCO3. The van der Waals surface area contributed by atoms with E-state index >= 15 is 0 Å². The average Bonchev–Trinajstić information content (AvgIpc) is 3.26. The summed E-state index contributed by atoms with van der Waals surface area (Å²) in [5, 5.41) is 14.6. The molecule has 2 heterocycles. The van der Waals surface area contributed by atoms with Crippen molar-refractivity contribution in [2.75, 3.05) is 38.7 Å². The quantitative estimate of drug-likeness (QED) is 0.177. The number of hydrogen-bond donors (Lipinski definition) is 2. The van der Waals surface area contributed by atoms with E-state index in [1.54, 1.807) is 12.1 Å². The first kappa shape index (κ1) is 40.5. The molecule has 304 valence electrons. The van der Waals surface area contributed by atoms with Gasteiger partial charge in [-0.1, -0.05) is 31.5 Å². The molecule has 0 unspecified atom stereocenters. The van der Waals surface area contributed by atoms with Crippen LogP contribution in [0.4, 0.5) is 18.9 Å². The summed E-state index contributed by atoms with van der Waals surface area (Å²) in [6, 6.07) is 13.5. The Hall–Kier alpha value is -3.70. The predicted molar refractivity (Wildman–Crippen MR) is 211 cm³/mol. The van der Waals surface area contributed by atoms with Gasteiger partial charge in [-0.2, -0.15) is 13.2 Å². The molecule has 1 fully saturated rings. The zero-order chi connectivity index (χ0) is 39.7. The molecule has 7 rings (SSSR count). The summed E-state index contributed by atoms with van der Waals surface area (Å²) >= 11 is 6.30. The number of aryl methyl sites for hydroxylation is 1. The molecule has 1 aliphatic heterocycles. The van der Waals surface area contributed by atoms with Gasteiger partial charge in [0.05, 0.1) is 13.2 Å². The average molecular weight is 798 g/mol. The number of fused-ring (bicyclic) bond motifs is 4. The normalized spacial score (nSPS) is 26.3. The van der Waals surface area contributed by atoms with Crippen molar-refractivity contribution in [3.05, 3.63) is 76.1 Å². The van der Waals surface area contributed by atoms with Crippen molar-refractivity contribution in [1.82, 2.24) is 9.88 Å². The van der Waals surface area contributed by atoms with Gasteiger partial charge in [0.15, 0.2) is 11.5 Å². The summed E-state index contributed by atoms with van der Waals surface area (Å²) in [7, 11) is 1.83. The number of halogens is 4. The maximum absolute atomic E-state index is 13.1. The number of likely N-dealkylation sites (N-methyl/N-ethyl adjacent to an activating group) is 1. The summed E-state index contributed by atoms with van der Waals surface area (Å²) in [4.78, 5) is 19.6. The van der Waals surface area contributed by atoms with Crippen molar-refractivity contribution in [2.45, 2.75) is 120 Å². The minimum Gasteiger partial charge on any atom is -0.493 e. The van der Waals surface area contributed by atoms with Crippen molar-refractivity contribution in [1.29, 1.82) is 0 Å². The first-order chi connectivity index (χ1) is 26.7. The maximum Gasteiger partial charge on any atom is 0.389 e. The molecular weight excluding hydrogens is 743 g/mol. The van der Waals surface area contributed by atoms with E-state index < -0.39 is 24.1 Å². The molecule has 4 aliphatic rings. The van der Waals surface area contributed by atoms with Crippen LogP contribution in [0.15, 0.2) is 48.7 Å². The Balaban J connectivity index is 1.13. The van der Waals surface area contributed by atoms with Crippen molar-refractivity contribution >= 4 is 23.3 Å². The van der Waals surface area contributed by atoms with Gasteiger partial charge < -0.3 is 29.5 Å². The number of anilines is 1. The van der Waals surface area contributed by atoms with E-state index in [1.807, 2.05) is 36.3 Å². The van der Waals surface area contributed by atoms with E-state index in [1.165, 1.54) is 16.7 Å². The van der Waals surface area contributed by atoms with Crippen LogP contribution in [0.2, 0.25) is 5.02 Å². The van der Waals surface area contributed by atoms with Crippen LogP contribution >= 0.6 is 11.6 Å². The van der Waals surface area contributed by atoms with Gasteiger partial charge >= 0.3 is 12.1 Å². The summed E-state index contributed by atoms with van der Waals surface area (Å²) in [6.07, 6.45) is 4.47. The van der Waals surface area contributed by atoms with E-state index in [0.29, 0.717) is 86.5 Å². The molecule has 4 atom stereocenters. The number of aliphatic carboxylic acids is 1. The van der Waals surface area contributed by atoms with Crippen LogP contribution < -0.4 is 19.5 Å². The minimum atomic E-state index is -4.17. The molecule has 3 aliphatic carbocycles. The van der Waals surface area contributed by atoms with Crippen LogP contribution in [-0.2, 0) is 23.1 Å². The molecule has 2 aromatic carbocycles. The standard InChI is InChI=1S/C44H55ClF3N3O5/c1-28(27-55-37-11-18-49-36-10-4-7-29(2)40(36)37)21-31-22-30-23-38-39(56-34(12-20-54-38)26-51(3)19-6-13-44(46,47)48)25-35(30)42(31)14-16-43(17-15-42,41(52)53)50-33-9-5-8-32(45)24-33/h5,8-9,11,18,23-25,28-29,31,34,50H,4,6-7,10,12-17,19-22,26-27H2,1-3H3,(H,52,53)/t28-,29-,31+,34-,42?,43?/m1/s1. The van der Waals surface area contributed by atoms with E-state index in [0.717, 1.165) is 43.5 Å². The molecule has 2 N–H and O–H groups in total. The molecule has 12 heteroatoms. The Morgan fingerprint density at radius 2 is 1.95 bits per heavy atom. The summed E-state index contributed by atoms with van der Waals surface area (Å²) < 4.78 is 57.9. The molecule has 1 saturated carbocycles. The lowest BCUT2D eigenvalue weighted by molar-refractivity contribution is -0.144. The lowest BCUT2D eigenvalue weighted by atomic mass is 9.59. The van der Waals surface area contributed by atoms with Crippen LogP contribution in [0.3, 0.4) is 0 Å². The third-order valence-corrected chi connectivity index (χ3v) is 13.1. The van der Waals surface area contributed by atoms with Crippen LogP contribution in [0.25, 0.3) is 0 Å². The number of aromatic nitrogens is 1. The second-order valence-corrected chi connectivity index (χ2v) is 17.4. The minimum absolute atomic E-state index is 0.0363. The van der Waals surface area contributed by atoms with Gasteiger partial charge in [0.1, 0.15) is 17.4 Å². The summed E-state index contributed by atoms with van der Waals surface area (Å²) in [6.45, 7) is 6.33. The predicted octanol–water partition coefficient (Wildman–Crippen LogP) is 10.0. The van der Waals surface area contributed by atoms with Gasteiger partial charge in [0.2, 0.25) is 0 Å². The zero-order valence-corrected chi connectivity index (χ0v) is 33.5. The number of carbonyl (C=O) groups is 1. The molecule has 0 bridgehead atoms. The number of nitrogens with zero attached hydrogens (tertiary/aromatic N) is 2. The Labute approximate surface area is 333 Å². The molecule has 1 spiro atoms. The fourth-order valence-corrected chi connectivity index (χ4v) is 10.2. The third-order valence-electron chi connectivity index (χ3n) is 12.9. The monoisotopic (exact) mass is 797 g/mol. The Morgan fingerprint density at radius 1 is 1.14 bits per heavy atom. The summed E-state index contributed by atoms with van der Waals surface area (Å²) in [5.41, 5.74) is 4.02. The highest BCUT2D eigenvalue weighted by Crippen LogP contribution is 2.58. The van der Waals surface area contributed by atoms with E-state index in [2.05, 4.69) is 36.3 Å². The smallest absolute Gasteiger partial charge is 0.389 e. The molecule has 1 aromatic heterocycles. The molecule has 3 aromatic rings. The van der Waals surface area contributed by atoms with Gasteiger partial charge in [-0.15, -0.1) is 0 Å². The van der Waals surface area contributed by atoms with E-state index in [4.69, 9.17) is 25.8 Å². The molecule has 0 radical (unpaired) electrons. The van der Waals surface area contributed by atoms with Gasteiger partial charge in [0, 0.05) is 47.6 Å². The number of rotatable bonds is 13. The Bertz CT molecular complexity index is 1870. The maximum atomic E-state index is 13.1. The number of nitrogens with one attached hydrogen (secondary N) is 1. The van der Waals surface area contributed by atoms with Crippen LogP contribution in [0.1, 0.15) is 106 Å². The van der Waals surface area contributed by atoms with E-state index in [9.17, 15) is 23.1 Å². The second kappa shape index (κ2) is 16.6. The first-order valence-corrected chi connectivity index (χ1v) is 20.7. The topological polar surface area (TPSA) is 93.2 Å².